The van der Waals surface area contributed by atoms with Gasteiger partial charge in [-0.3, -0.25) is 0 Å². The maximum Gasteiger partial charge on any atom is 0.118 e. The maximum absolute atomic E-state index is 5.86. The zero-order chi connectivity index (χ0) is 15.1. The second-order valence-electron chi connectivity index (χ2n) is 5.09. The first kappa shape index (κ1) is 16.1. The predicted octanol–water partition coefficient (Wildman–Crippen LogP) is 4.46. The first-order valence-corrected chi connectivity index (χ1v) is 7.68. The Balaban J connectivity index is 1.81. The topological polar surface area (TPSA) is 34.4 Å². The van der Waals surface area contributed by atoms with Gasteiger partial charge in [-0.05, 0) is 43.7 Å². The van der Waals surface area contributed by atoms with Gasteiger partial charge in [0.05, 0.1) is 19.8 Å². The summed E-state index contributed by atoms with van der Waals surface area (Å²) in [4.78, 5) is 0. The summed E-state index contributed by atoms with van der Waals surface area (Å²) in [6, 6.07) is 9.77. The SMILES string of the molecule is CCCNCc1cc(COCc2ccc(Cl)cc2)c(C)o1. The van der Waals surface area contributed by atoms with Crippen LogP contribution in [0.3, 0.4) is 0 Å². The molecule has 0 radical (unpaired) electrons. The van der Waals surface area contributed by atoms with E-state index in [4.69, 9.17) is 20.8 Å². The zero-order valence-corrected chi connectivity index (χ0v) is 13.4. The van der Waals surface area contributed by atoms with Crippen molar-refractivity contribution in [3.05, 3.63) is 58.0 Å². The average molecular weight is 308 g/mol. The summed E-state index contributed by atoms with van der Waals surface area (Å²) in [5, 5.41) is 4.08. The summed E-state index contributed by atoms with van der Waals surface area (Å²) in [7, 11) is 0. The van der Waals surface area contributed by atoms with Crippen molar-refractivity contribution in [2.45, 2.75) is 40.0 Å². The minimum absolute atomic E-state index is 0.561. The quantitative estimate of drug-likeness (QED) is 0.731. The van der Waals surface area contributed by atoms with Crippen molar-refractivity contribution in [2.24, 2.45) is 0 Å². The molecule has 1 heterocycles. The minimum Gasteiger partial charge on any atom is -0.465 e. The van der Waals surface area contributed by atoms with Crippen LogP contribution in [0.4, 0.5) is 0 Å². The van der Waals surface area contributed by atoms with E-state index in [1.54, 1.807) is 0 Å². The van der Waals surface area contributed by atoms with Crippen LogP contribution in [0, 0.1) is 6.92 Å². The molecule has 21 heavy (non-hydrogen) atoms. The standard InChI is InChI=1S/C17H22ClNO2/c1-3-8-19-10-17-9-15(13(2)21-17)12-20-11-14-4-6-16(18)7-5-14/h4-7,9,19H,3,8,10-12H2,1-2H3. The van der Waals surface area contributed by atoms with Crippen LogP contribution >= 0.6 is 11.6 Å². The average Bonchev–Trinajstić information content (AvgIpc) is 2.82. The smallest absolute Gasteiger partial charge is 0.118 e. The molecule has 3 nitrogen and oxygen atoms in total. The number of aryl methyl sites for hydroxylation is 1. The first-order valence-electron chi connectivity index (χ1n) is 7.30. The van der Waals surface area contributed by atoms with Gasteiger partial charge in [0.2, 0.25) is 0 Å². The number of nitrogens with one attached hydrogen (secondary N) is 1. The monoisotopic (exact) mass is 307 g/mol. The second kappa shape index (κ2) is 8.23. The van der Waals surface area contributed by atoms with Crippen LogP contribution in [-0.2, 0) is 24.5 Å². The van der Waals surface area contributed by atoms with Crippen LogP contribution in [0.15, 0.2) is 34.7 Å². The van der Waals surface area contributed by atoms with Crippen LogP contribution in [0.1, 0.15) is 36.0 Å². The van der Waals surface area contributed by atoms with Gasteiger partial charge in [-0.25, -0.2) is 0 Å². The number of halogens is 1. The fourth-order valence-corrected chi connectivity index (χ4v) is 2.19. The molecule has 0 atom stereocenters. The molecule has 114 valence electrons. The summed E-state index contributed by atoms with van der Waals surface area (Å²) in [6.45, 7) is 7.03. The Morgan fingerprint density at radius 2 is 1.95 bits per heavy atom. The molecule has 0 bridgehead atoms. The lowest BCUT2D eigenvalue weighted by atomic mass is 10.2. The number of benzene rings is 1. The lowest BCUT2D eigenvalue weighted by Gasteiger charge is -2.03. The van der Waals surface area contributed by atoms with Gasteiger partial charge in [0.15, 0.2) is 0 Å². The molecule has 1 aromatic heterocycles. The summed E-state index contributed by atoms with van der Waals surface area (Å²) < 4.78 is 11.5. The van der Waals surface area contributed by atoms with E-state index < -0.39 is 0 Å². The third-order valence-corrected chi connectivity index (χ3v) is 3.49. The highest BCUT2D eigenvalue weighted by atomic mass is 35.5. The number of hydrogen-bond donors (Lipinski definition) is 1. The molecule has 2 rings (SSSR count). The molecule has 4 heteroatoms. The van der Waals surface area contributed by atoms with Crippen LogP contribution in [0.5, 0.6) is 0 Å². The van der Waals surface area contributed by atoms with Crippen LogP contribution in [0.25, 0.3) is 0 Å². The van der Waals surface area contributed by atoms with Crippen molar-refractivity contribution in [1.29, 1.82) is 0 Å². The Morgan fingerprint density at radius 3 is 2.67 bits per heavy atom. The predicted molar refractivity (Wildman–Crippen MR) is 85.4 cm³/mol. The van der Waals surface area contributed by atoms with Gasteiger partial charge in [-0.15, -0.1) is 0 Å². The Labute approximate surface area is 131 Å². The maximum atomic E-state index is 5.86. The highest BCUT2D eigenvalue weighted by molar-refractivity contribution is 6.30. The molecular formula is C17H22ClNO2. The molecule has 0 saturated carbocycles. The van der Waals surface area contributed by atoms with Crippen LogP contribution < -0.4 is 5.32 Å². The number of hydrogen-bond acceptors (Lipinski definition) is 3. The Morgan fingerprint density at radius 1 is 1.19 bits per heavy atom. The molecule has 0 amide bonds. The van der Waals surface area contributed by atoms with E-state index in [0.717, 1.165) is 47.2 Å². The molecular weight excluding hydrogens is 286 g/mol. The van der Waals surface area contributed by atoms with E-state index in [-0.39, 0.29) is 0 Å². The minimum atomic E-state index is 0.561. The lowest BCUT2D eigenvalue weighted by molar-refractivity contribution is 0.106. The highest BCUT2D eigenvalue weighted by Crippen LogP contribution is 2.17. The molecule has 0 spiro atoms. The first-order chi connectivity index (χ1) is 10.2. The molecule has 0 aliphatic rings. The molecule has 2 aromatic rings. The highest BCUT2D eigenvalue weighted by Gasteiger charge is 2.07. The molecule has 0 aliphatic heterocycles. The summed E-state index contributed by atoms with van der Waals surface area (Å²) >= 11 is 5.86. The van der Waals surface area contributed by atoms with Crippen molar-refractivity contribution in [2.75, 3.05) is 6.54 Å². The van der Waals surface area contributed by atoms with Gasteiger partial charge in [-0.1, -0.05) is 30.7 Å². The normalized spacial score (nSPS) is 11.0. The van der Waals surface area contributed by atoms with Gasteiger partial charge >= 0.3 is 0 Å². The van der Waals surface area contributed by atoms with Crippen molar-refractivity contribution < 1.29 is 9.15 Å². The Kier molecular flexibility index (Phi) is 6.30. The van der Waals surface area contributed by atoms with Gasteiger partial charge in [0.1, 0.15) is 11.5 Å². The lowest BCUT2D eigenvalue weighted by Crippen LogP contribution is -2.13. The van der Waals surface area contributed by atoms with Crippen molar-refractivity contribution in [3.8, 4) is 0 Å². The van der Waals surface area contributed by atoms with E-state index in [1.807, 2.05) is 31.2 Å². The van der Waals surface area contributed by atoms with Crippen molar-refractivity contribution in [3.63, 3.8) is 0 Å². The number of furan rings is 1. The third-order valence-electron chi connectivity index (χ3n) is 3.24. The molecule has 0 aliphatic carbocycles. The third kappa shape index (κ3) is 5.20. The summed E-state index contributed by atoms with van der Waals surface area (Å²) in [5.74, 6) is 1.89. The summed E-state index contributed by atoms with van der Waals surface area (Å²) in [6.07, 6.45) is 1.12. The second-order valence-corrected chi connectivity index (χ2v) is 5.53. The summed E-state index contributed by atoms with van der Waals surface area (Å²) in [5.41, 5.74) is 2.22. The fraction of sp³-hybridized carbons (Fsp3) is 0.412. The number of rotatable bonds is 8. The van der Waals surface area contributed by atoms with Gasteiger partial charge in [0, 0.05) is 10.6 Å². The molecule has 0 saturated heterocycles. The van der Waals surface area contributed by atoms with Crippen molar-refractivity contribution in [1.82, 2.24) is 5.32 Å². The van der Waals surface area contributed by atoms with E-state index in [0.29, 0.717) is 13.2 Å². The molecule has 1 N–H and O–H groups in total. The van der Waals surface area contributed by atoms with E-state index in [9.17, 15) is 0 Å². The van der Waals surface area contributed by atoms with Gasteiger partial charge in [0.25, 0.3) is 0 Å². The van der Waals surface area contributed by atoms with Crippen LogP contribution in [-0.4, -0.2) is 6.54 Å². The molecule has 0 fully saturated rings. The Bertz CT molecular complexity index is 548. The largest absolute Gasteiger partial charge is 0.465 e. The van der Waals surface area contributed by atoms with E-state index in [1.165, 1.54) is 0 Å². The van der Waals surface area contributed by atoms with E-state index >= 15 is 0 Å². The van der Waals surface area contributed by atoms with Gasteiger partial charge in [-0.2, -0.15) is 0 Å². The van der Waals surface area contributed by atoms with Crippen LogP contribution in [0.2, 0.25) is 5.02 Å². The number of ether oxygens (including phenoxy) is 1. The molecule has 0 unspecified atom stereocenters. The molecule has 1 aromatic carbocycles. The Hall–Kier alpha value is -1.29. The van der Waals surface area contributed by atoms with E-state index in [2.05, 4.69) is 18.3 Å². The zero-order valence-electron chi connectivity index (χ0n) is 12.6. The van der Waals surface area contributed by atoms with Crippen molar-refractivity contribution >= 4 is 11.6 Å². The van der Waals surface area contributed by atoms with Gasteiger partial charge < -0.3 is 14.5 Å². The fourth-order valence-electron chi connectivity index (χ4n) is 2.07.